The highest BCUT2D eigenvalue weighted by atomic mass is 35.5. The SMILES string of the molecule is CC(=O)C(N=Nc1ccc(Cl)c(C(=O)Nc2cc(Cl)cc(Cl)c2Cl)c1)C(=O)Nc1cc(C)c(NC(=O)C(N=Nc2ccc(Cl)c(C(=O)Nc3cc(Cl)cc(Cl)c3Cl)c2)C(C)=O)c(C)c1. The lowest BCUT2D eigenvalue weighted by molar-refractivity contribution is -0.127. The predicted molar refractivity (Wildman–Crippen MR) is 253 cm³/mol. The number of Topliss-reactive ketones (excluding diaryl/α,β-unsaturated/α-hetero) is 2. The number of nitrogens with one attached hydrogen (secondary N) is 4. The summed E-state index contributed by atoms with van der Waals surface area (Å²) in [7, 11) is 0. The van der Waals surface area contributed by atoms with Crippen molar-refractivity contribution in [2.24, 2.45) is 20.5 Å². The number of carbonyl (C=O) groups excluding carboxylic acids is 6. The van der Waals surface area contributed by atoms with Crippen molar-refractivity contribution in [3.05, 3.63) is 135 Å². The van der Waals surface area contributed by atoms with E-state index in [-0.39, 0.29) is 79.7 Å². The molecule has 2 atom stereocenters. The molecule has 0 aromatic heterocycles. The summed E-state index contributed by atoms with van der Waals surface area (Å²) in [6.45, 7) is 5.58. The third-order valence-electron chi connectivity index (χ3n) is 8.76. The number of amides is 4. The van der Waals surface area contributed by atoms with Crippen molar-refractivity contribution in [2.45, 2.75) is 39.8 Å². The van der Waals surface area contributed by atoms with Crippen LogP contribution in [0.5, 0.6) is 0 Å². The van der Waals surface area contributed by atoms with E-state index in [2.05, 4.69) is 41.7 Å². The van der Waals surface area contributed by atoms with Gasteiger partial charge in [0.05, 0.1) is 64.0 Å². The van der Waals surface area contributed by atoms with Crippen LogP contribution in [0.25, 0.3) is 0 Å². The molecule has 0 aliphatic rings. The largest absolute Gasteiger partial charge is 0.324 e. The van der Waals surface area contributed by atoms with Gasteiger partial charge in [-0.3, -0.25) is 28.8 Å². The number of aryl methyl sites for hydroxylation is 2. The molecule has 330 valence electrons. The fourth-order valence-electron chi connectivity index (χ4n) is 5.69. The van der Waals surface area contributed by atoms with E-state index in [4.69, 9.17) is 92.8 Å². The Balaban J connectivity index is 1.27. The van der Waals surface area contributed by atoms with E-state index in [1.165, 1.54) is 72.8 Å². The van der Waals surface area contributed by atoms with Gasteiger partial charge in [0, 0.05) is 21.4 Å². The topological polar surface area (TPSA) is 200 Å². The molecule has 0 saturated heterocycles. The van der Waals surface area contributed by atoms with Gasteiger partial charge < -0.3 is 21.3 Å². The number of hydrogen-bond acceptors (Lipinski definition) is 10. The molecule has 0 aliphatic carbocycles. The van der Waals surface area contributed by atoms with Gasteiger partial charge in [0.1, 0.15) is 0 Å². The molecule has 4 amide bonds. The zero-order valence-corrected chi connectivity index (χ0v) is 39.4. The minimum Gasteiger partial charge on any atom is -0.324 e. The number of hydrogen-bond donors (Lipinski definition) is 4. The van der Waals surface area contributed by atoms with Crippen LogP contribution in [-0.4, -0.2) is 47.3 Å². The molecule has 0 bridgehead atoms. The van der Waals surface area contributed by atoms with Gasteiger partial charge in [-0.1, -0.05) is 92.8 Å². The number of rotatable bonds is 14. The van der Waals surface area contributed by atoms with E-state index >= 15 is 0 Å². The van der Waals surface area contributed by atoms with Crippen molar-refractivity contribution in [1.82, 2.24) is 0 Å². The Kier molecular flexibility index (Phi) is 16.9. The van der Waals surface area contributed by atoms with Gasteiger partial charge in [-0.2, -0.15) is 20.5 Å². The summed E-state index contributed by atoms with van der Waals surface area (Å²) in [5, 5.41) is 27.3. The molecule has 4 N–H and O–H groups in total. The van der Waals surface area contributed by atoms with Crippen molar-refractivity contribution in [2.75, 3.05) is 21.3 Å². The monoisotopic (exact) mass is 1020 g/mol. The van der Waals surface area contributed by atoms with E-state index in [0.717, 1.165) is 13.8 Å². The fourth-order valence-corrected chi connectivity index (χ4v) is 7.40. The first-order chi connectivity index (χ1) is 30.1. The minimum absolute atomic E-state index is 0.0317. The lowest BCUT2D eigenvalue weighted by atomic mass is 10.1. The maximum Gasteiger partial charge on any atom is 0.258 e. The van der Waals surface area contributed by atoms with Crippen molar-refractivity contribution in [3.8, 4) is 0 Å². The van der Waals surface area contributed by atoms with Crippen LogP contribution in [0.4, 0.5) is 34.1 Å². The summed E-state index contributed by atoms with van der Waals surface area (Å²) in [5.41, 5.74) is 1.86. The van der Waals surface area contributed by atoms with Gasteiger partial charge in [-0.15, -0.1) is 0 Å². The van der Waals surface area contributed by atoms with E-state index < -0.39 is 47.3 Å². The zero-order chi connectivity index (χ0) is 47.2. The third-order valence-corrected chi connectivity index (χ3v) is 11.5. The smallest absolute Gasteiger partial charge is 0.258 e. The summed E-state index contributed by atoms with van der Waals surface area (Å²) < 4.78 is 0. The van der Waals surface area contributed by atoms with E-state index in [1.54, 1.807) is 13.8 Å². The average molecular weight is 1030 g/mol. The van der Waals surface area contributed by atoms with Gasteiger partial charge in [0.2, 0.25) is 12.1 Å². The molecule has 0 spiro atoms. The Labute approximate surface area is 405 Å². The molecule has 5 rings (SSSR count). The number of carbonyl (C=O) groups is 6. The maximum absolute atomic E-state index is 13.4. The Hall–Kier alpha value is -5.16. The van der Waals surface area contributed by atoms with Crippen LogP contribution in [0.15, 0.2) is 93.3 Å². The molecule has 0 saturated carbocycles. The Morgan fingerprint density at radius 2 is 0.875 bits per heavy atom. The predicted octanol–water partition coefficient (Wildman–Crippen LogP) is 13.4. The minimum atomic E-state index is -1.60. The molecule has 64 heavy (non-hydrogen) atoms. The second kappa shape index (κ2) is 21.7. The van der Waals surface area contributed by atoms with Crippen LogP contribution in [0, 0.1) is 13.8 Å². The van der Waals surface area contributed by atoms with E-state index in [9.17, 15) is 28.8 Å². The molecule has 0 fully saturated rings. The molecule has 0 heterocycles. The first-order valence-electron chi connectivity index (χ1n) is 18.2. The van der Waals surface area contributed by atoms with Crippen LogP contribution >= 0.6 is 92.8 Å². The molecule has 0 aliphatic heterocycles. The number of nitrogens with zero attached hydrogens (tertiary/aromatic N) is 4. The Morgan fingerprint density at radius 1 is 0.484 bits per heavy atom. The summed E-state index contributed by atoms with van der Waals surface area (Å²) in [4.78, 5) is 78.2. The van der Waals surface area contributed by atoms with Gasteiger partial charge in [0.15, 0.2) is 11.6 Å². The first-order valence-corrected chi connectivity index (χ1v) is 21.2. The first kappa shape index (κ1) is 49.8. The molecule has 5 aromatic carbocycles. The number of ketones is 2. The normalized spacial score (nSPS) is 12.2. The number of benzene rings is 5. The van der Waals surface area contributed by atoms with Crippen molar-refractivity contribution in [3.63, 3.8) is 0 Å². The number of anilines is 4. The molecule has 5 aromatic rings. The van der Waals surface area contributed by atoms with Crippen LogP contribution in [0.1, 0.15) is 45.7 Å². The maximum atomic E-state index is 13.4. The second-order valence-corrected chi connectivity index (χ2v) is 16.9. The fraction of sp³-hybridized carbons (Fsp3) is 0.143. The number of halogens is 8. The zero-order valence-electron chi connectivity index (χ0n) is 33.3. The summed E-state index contributed by atoms with van der Waals surface area (Å²) in [6.07, 6.45) is 0. The molecule has 0 radical (unpaired) electrons. The number of azo groups is 2. The van der Waals surface area contributed by atoms with E-state index in [0.29, 0.717) is 16.8 Å². The molecule has 14 nitrogen and oxygen atoms in total. The summed E-state index contributed by atoms with van der Waals surface area (Å²) in [5.74, 6) is -4.30. The lowest BCUT2D eigenvalue weighted by Crippen LogP contribution is -2.33. The third kappa shape index (κ3) is 12.5. The van der Waals surface area contributed by atoms with Gasteiger partial charge in [0.25, 0.3) is 23.6 Å². The summed E-state index contributed by atoms with van der Waals surface area (Å²) in [6, 6.07) is 13.6. The standard InChI is InChI=1S/C42H30Cl8N8O6/c1-17-9-25(51-41(63)37(19(3)59)57-55-23-5-7-28(45)26(15-23)39(61)52-32-13-21(43)11-30(47)34(32)49)10-18(2)36(17)54-42(64)38(20(4)60)58-56-24-6-8-29(46)27(16-24)40(62)53-33-14-22(44)12-31(48)35(33)50/h5-16,37-38H,1-4H3,(H,51,63)(H,52,61)(H,53,62)(H,54,64). The highest BCUT2D eigenvalue weighted by Gasteiger charge is 2.27. The highest BCUT2D eigenvalue weighted by molar-refractivity contribution is 6.46. The van der Waals surface area contributed by atoms with Crippen LogP contribution in [0.2, 0.25) is 40.2 Å². The highest BCUT2D eigenvalue weighted by Crippen LogP contribution is 2.36. The van der Waals surface area contributed by atoms with Crippen LogP contribution in [-0.2, 0) is 19.2 Å². The second-order valence-electron chi connectivity index (χ2n) is 13.7. The van der Waals surface area contributed by atoms with Gasteiger partial charge in [-0.25, -0.2) is 0 Å². The molecular formula is C42H30Cl8N8O6. The van der Waals surface area contributed by atoms with Crippen LogP contribution in [0.3, 0.4) is 0 Å². The molecule has 2 unspecified atom stereocenters. The molecular weight excluding hydrogens is 996 g/mol. The quantitative estimate of drug-likeness (QED) is 0.0484. The van der Waals surface area contributed by atoms with Crippen LogP contribution < -0.4 is 21.3 Å². The van der Waals surface area contributed by atoms with Gasteiger partial charge in [-0.05, 0) is 112 Å². The molecule has 22 heteroatoms. The Bertz CT molecular complexity index is 2800. The van der Waals surface area contributed by atoms with Crippen molar-refractivity contribution in [1.29, 1.82) is 0 Å². The van der Waals surface area contributed by atoms with E-state index in [1.807, 2.05) is 0 Å². The lowest BCUT2D eigenvalue weighted by Gasteiger charge is -2.17. The van der Waals surface area contributed by atoms with Gasteiger partial charge >= 0.3 is 0 Å². The Morgan fingerprint density at radius 3 is 1.27 bits per heavy atom. The van der Waals surface area contributed by atoms with Crippen molar-refractivity contribution >= 4 is 162 Å². The average Bonchev–Trinajstić information content (AvgIpc) is 3.20. The summed E-state index contributed by atoms with van der Waals surface area (Å²) >= 11 is 49.2. The van der Waals surface area contributed by atoms with Crippen molar-refractivity contribution < 1.29 is 28.8 Å².